The number of nitro benzene ring substituents is 1. The van der Waals surface area contributed by atoms with E-state index in [4.69, 9.17) is 23.2 Å². The van der Waals surface area contributed by atoms with Gasteiger partial charge < -0.3 is 0 Å². The number of rotatable bonds is 4. The second-order valence-corrected chi connectivity index (χ2v) is 9.26. The summed E-state index contributed by atoms with van der Waals surface area (Å²) in [5, 5.41) is 11.3. The number of benzene rings is 1. The van der Waals surface area contributed by atoms with Gasteiger partial charge in [-0.3, -0.25) is 19.9 Å². The van der Waals surface area contributed by atoms with Gasteiger partial charge in [0.2, 0.25) is 0 Å². The molecule has 1 aliphatic heterocycles. The van der Waals surface area contributed by atoms with E-state index in [1.165, 1.54) is 12.1 Å². The molecular weight excluding hydrogens is 405 g/mol. The number of alkyl halides is 2. The number of para-hydroxylation sites is 1. The fraction of sp³-hybridized carbons (Fsp3) is 0.467. The first-order chi connectivity index (χ1) is 12.1. The number of ketones is 1. The van der Waals surface area contributed by atoms with E-state index in [2.05, 4.69) is 4.99 Å². The standard InChI is InChI=1S/C15H15Cl2N3O5S/c1-15-8-4-6-10(21)12(15)19(14(18-15)13(16)17)26(24,25)11-7-3-2-5-9(11)20(22)23/h2-3,5,7,12-13H,4,6,8H2,1H3. The van der Waals surface area contributed by atoms with Gasteiger partial charge in [-0.2, -0.15) is 0 Å². The molecule has 0 spiro atoms. The zero-order valence-electron chi connectivity index (χ0n) is 13.6. The summed E-state index contributed by atoms with van der Waals surface area (Å²) in [5.74, 6) is -0.497. The maximum absolute atomic E-state index is 13.3. The predicted molar refractivity (Wildman–Crippen MR) is 96.1 cm³/mol. The molecule has 1 heterocycles. The van der Waals surface area contributed by atoms with Crippen LogP contribution in [0.15, 0.2) is 34.2 Å². The second kappa shape index (κ2) is 6.47. The highest BCUT2D eigenvalue weighted by Gasteiger charge is 2.56. The van der Waals surface area contributed by atoms with Crippen molar-refractivity contribution >= 4 is 50.5 Å². The van der Waals surface area contributed by atoms with Crippen LogP contribution in [-0.2, 0) is 14.8 Å². The Kier molecular flexibility index (Phi) is 4.74. The van der Waals surface area contributed by atoms with Crippen molar-refractivity contribution in [3.8, 4) is 0 Å². The molecule has 1 aromatic rings. The van der Waals surface area contributed by atoms with Crippen LogP contribution in [0.1, 0.15) is 26.2 Å². The minimum Gasteiger partial charge on any atom is -0.297 e. The predicted octanol–water partition coefficient (Wildman–Crippen LogP) is 2.68. The van der Waals surface area contributed by atoms with E-state index in [0.717, 1.165) is 16.4 Å². The molecule has 1 fully saturated rings. The molecule has 2 atom stereocenters. The first-order valence-corrected chi connectivity index (χ1v) is 10.1. The molecular formula is C15H15Cl2N3O5S. The molecule has 11 heteroatoms. The lowest BCUT2D eigenvalue weighted by atomic mass is 9.79. The Morgan fingerprint density at radius 3 is 2.65 bits per heavy atom. The largest absolute Gasteiger partial charge is 0.297 e. The highest BCUT2D eigenvalue weighted by Crippen LogP contribution is 2.43. The number of amidine groups is 1. The molecule has 26 heavy (non-hydrogen) atoms. The molecule has 1 aromatic carbocycles. The maximum atomic E-state index is 13.3. The van der Waals surface area contributed by atoms with E-state index in [9.17, 15) is 23.3 Å². The summed E-state index contributed by atoms with van der Waals surface area (Å²) in [5.41, 5.74) is -1.59. The number of carbonyl (C=O) groups excluding carboxylic acids is 1. The lowest BCUT2D eigenvalue weighted by Gasteiger charge is -2.36. The first kappa shape index (κ1) is 19.1. The molecule has 0 bridgehead atoms. The van der Waals surface area contributed by atoms with Gasteiger partial charge in [0.25, 0.3) is 15.7 Å². The zero-order valence-corrected chi connectivity index (χ0v) is 16.0. The number of hydrogen-bond donors (Lipinski definition) is 0. The Morgan fingerprint density at radius 1 is 1.38 bits per heavy atom. The smallest absolute Gasteiger partial charge is 0.289 e. The Hall–Kier alpha value is -1.71. The topological polar surface area (TPSA) is 110 Å². The number of nitro groups is 1. The van der Waals surface area contributed by atoms with Crippen molar-refractivity contribution in [2.45, 2.75) is 47.5 Å². The van der Waals surface area contributed by atoms with Crippen LogP contribution in [0.25, 0.3) is 0 Å². The summed E-state index contributed by atoms with van der Waals surface area (Å²) in [6, 6.07) is 3.81. The van der Waals surface area contributed by atoms with Gasteiger partial charge in [0.1, 0.15) is 11.9 Å². The molecule has 0 aromatic heterocycles. The maximum Gasteiger partial charge on any atom is 0.289 e. The lowest BCUT2D eigenvalue weighted by molar-refractivity contribution is -0.387. The molecule has 0 N–H and O–H groups in total. The SMILES string of the molecule is CC12CCCC(=O)C1N(S(=O)(=O)c1ccccc1[N+](=O)[O-])C(C(Cl)Cl)=N2. The Labute approximate surface area is 160 Å². The molecule has 1 saturated carbocycles. The molecule has 2 aliphatic rings. The average Bonchev–Trinajstić information content (AvgIpc) is 2.90. The quantitative estimate of drug-likeness (QED) is 0.423. The van der Waals surface area contributed by atoms with Crippen LogP contribution in [-0.4, -0.2) is 45.7 Å². The monoisotopic (exact) mass is 419 g/mol. The average molecular weight is 420 g/mol. The fourth-order valence-corrected chi connectivity index (χ4v) is 5.83. The number of hydrogen-bond acceptors (Lipinski definition) is 6. The third-order valence-corrected chi connectivity index (χ3v) is 6.83. The molecule has 2 unspecified atom stereocenters. The number of nitrogens with zero attached hydrogens (tertiary/aromatic N) is 3. The van der Waals surface area contributed by atoms with Crippen LogP contribution in [0, 0.1) is 10.1 Å². The summed E-state index contributed by atoms with van der Waals surface area (Å²) < 4.78 is 27.4. The fourth-order valence-electron chi connectivity index (χ4n) is 3.52. The third kappa shape index (κ3) is 2.87. The van der Waals surface area contributed by atoms with Gasteiger partial charge >= 0.3 is 0 Å². The normalized spacial score (nSPS) is 26.0. The molecule has 0 radical (unpaired) electrons. The van der Waals surface area contributed by atoms with E-state index in [-0.39, 0.29) is 18.0 Å². The van der Waals surface area contributed by atoms with Crippen molar-refractivity contribution in [2.75, 3.05) is 0 Å². The second-order valence-electron chi connectivity index (χ2n) is 6.38. The molecule has 8 nitrogen and oxygen atoms in total. The van der Waals surface area contributed by atoms with Gasteiger partial charge in [0, 0.05) is 12.5 Å². The van der Waals surface area contributed by atoms with E-state index in [1.54, 1.807) is 6.92 Å². The number of fused-ring (bicyclic) bond motifs is 1. The zero-order chi connectivity index (χ0) is 19.3. The van der Waals surface area contributed by atoms with E-state index < -0.39 is 41.9 Å². The van der Waals surface area contributed by atoms with E-state index in [1.807, 2.05) is 0 Å². The summed E-state index contributed by atoms with van der Waals surface area (Å²) in [7, 11) is -4.48. The van der Waals surface area contributed by atoms with Gasteiger partial charge in [-0.15, -0.1) is 0 Å². The molecule has 0 saturated heterocycles. The lowest BCUT2D eigenvalue weighted by Crippen LogP contribution is -2.55. The Bertz CT molecular complexity index is 918. The number of aliphatic imine (C=N–C) groups is 1. The highest BCUT2D eigenvalue weighted by atomic mass is 35.5. The van der Waals surface area contributed by atoms with Gasteiger partial charge in [0.05, 0.1) is 10.5 Å². The van der Waals surface area contributed by atoms with Crippen LogP contribution in [0.3, 0.4) is 0 Å². The van der Waals surface area contributed by atoms with Crippen molar-refractivity contribution in [3.05, 3.63) is 34.4 Å². The van der Waals surface area contributed by atoms with E-state index in [0.29, 0.717) is 12.8 Å². The molecule has 140 valence electrons. The van der Waals surface area contributed by atoms with Crippen LogP contribution in [0.2, 0.25) is 0 Å². The van der Waals surface area contributed by atoms with Gasteiger partial charge in [-0.25, -0.2) is 12.7 Å². The van der Waals surface area contributed by atoms with Crippen molar-refractivity contribution < 1.29 is 18.1 Å². The van der Waals surface area contributed by atoms with Gasteiger partial charge in [-0.1, -0.05) is 35.3 Å². The summed E-state index contributed by atoms with van der Waals surface area (Å²) in [6.07, 6.45) is 1.24. The molecule has 3 rings (SSSR count). The molecule has 1 aliphatic carbocycles. The third-order valence-electron chi connectivity index (χ3n) is 4.62. The summed E-state index contributed by atoms with van der Waals surface area (Å²) in [4.78, 5) is 25.6. The van der Waals surface area contributed by atoms with Crippen LogP contribution < -0.4 is 0 Å². The minimum atomic E-state index is -4.48. The van der Waals surface area contributed by atoms with Crippen molar-refractivity contribution in [1.29, 1.82) is 0 Å². The van der Waals surface area contributed by atoms with Gasteiger partial charge in [-0.05, 0) is 25.8 Å². The Morgan fingerprint density at radius 2 is 2.04 bits per heavy atom. The Balaban J connectivity index is 2.21. The molecule has 0 amide bonds. The van der Waals surface area contributed by atoms with Crippen LogP contribution in [0.5, 0.6) is 0 Å². The van der Waals surface area contributed by atoms with Crippen LogP contribution in [0.4, 0.5) is 5.69 Å². The highest BCUT2D eigenvalue weighted by molar-refractivity contribution is 7.90. The summed E-state index contributed by atoms with van der Waals surface area (Å²) in [6.45, 7) is 1.67. The van der Waals surface area contributed by atoms with E-state index >= 15 is 0 Å². The van der Waals surface area contributed by atoms with Crippen molar-refractivity contribution in [3.63, 3.8) is 0 Å². The number of sulfonamides is 1. The van der Waals surface area contributed by atoms with Gasteiger partial charge in [0.15, 0.2) is 15.5 Å². The first-order valence-electron chi connectivity index (χ1n) is 7.78. The summed E-state index contributed by atoms with van der Waals surface area (Å²) >= 11 is 11.9. The van der Waals surface area contributed by atoms with Crippen LogP contribution >= 0.6 is 23.2 Å². The van der Waals surface area contributed by atoms with Crippen molar-refractivity contribution in [2.24, 2.45) is 4.99 Å². The van der Waals surface area contributed by atoms with Crippen molar-refractivity contribution in [1.82, 2.24) is 4.31 Å². The number of carbonyl (C=O) groups is 1. The minimum absolute atomic E-state index is 0.186. The number of halogens is 2. The number of Topliss-reactive ketones (excluding diaryl/α,β-unsaturated/α-hetero) is 1.